The summed E-state index contributed by atoms with van der Waals surface area (Å²) in [6, 6.07) is 6.42. The highest BCUT2D eigenvalue weighted by Gasteiger charge is 2.49. The van der Waals surface area contributed by atoms with Crippen LogP contribution < -0.4 is 0 Å². The zero-order valence-electron chi connectivity index (χ0n) is 10.7. The zero-order valence-corrected chi connectivity index (χ0v) is 10.7. The maximum atomic E-state index is 12.1. The van der Waals surface area contributed by atoms with E-state index in [1.807, 2.05) is 6.92 Å². The van der Waals surface area contributed by atoms with Gasteiger partial charge in [0.25, 0.3) is 0 Å². The summed E-state index contributed by atoms with van der Waals surface area (Å²) in [6.45, 7) is 3.16. The van der Waals surface area contributed by atoms with Crippen LogP contribution in [0.3, 0.4) is 0 Å². The van der Waals surface area contributed by atoms with Gasteiger partial charge < -0.3 is 9.47 Å². The highest BCUT2D eigenvalue weighted by atomic mass is 16.6. The largest absolute Gasteiger partial charge is 0.465 e. The maximum Gasteiger partial charge on any atom is 0.321 e. The fraction of sp³-hybridized carbons (Fsp3) is 0.533. The number of aryl methyl sites for hydroxylation is 2. The monoisotopic (exact) mass is 246 g/mol. The van der Waals surface area contributed by atoms with Crippen LogP contribution in [0.2, 0.25) is 0 Å². The van der Waals surface area contributed by atoms with E-state index in [0.29, 0.717) is 19.8 Å². The molecule has 0 N–H and O–H groups in total. The smallest absolute Gasteiger partial charge is 0.321 e. The van der Waals surface area contributed by atoms with Crippen LogP contribution in [0.25, 0.3) is 0 Å². The molecule has 0 radical (unpaired) electrons. The lowest BCUT2D eigenvalue weighted by Crippen LogP contribution is -2.53. The molecule has 18 heavy (non-hydrogen) atoms. The third-order valence-electron chi connectivity index (χ3n) is 4.01. The first-order valence-corrected chi connectivity index (χ1v) is 6.63. The lowest BCUT2D eigenvalue weighted by Gasteiger charge is -2.39. The predicted octanol–water partition coefficient (Wildman–Crippen LogP) is 2.01. The van der Waals surface area contributed by atoms with E-state index in [2.05, 4.69) is 18.2 Å². The molecule has 0 aromatic heterocycles. The molecular weight excluding hydrogens is 228 g/mol. The molecule has 0 unspecified atom stereocenters. The second-order valence-electron chi connectivity index (χ2n) is 5.13. The van der Waals surface area contributed by atoms with Gasteiger partial charge in [-0.2, -0.15) is 0 Å². The van der Waals surface area contributed by atoms with Gasteiger partial charge in [0, 0.05) is 0 Å². The number of hydrogen-bond acceptors (Lipinski definition) is 3. The van der Waals surface area contributed by atoms with E-state index >= 15 is 0 Å². The normalized spacial score (nSPS) is 20.1. The van der Waals surface area contributed by atoms with Gasteiger partial charge in [0.05, 0.1) is 19.8 Å². The summed E-state index contributed by atoms with van der Waals surface area (Å²) in [4.78, 5) is 12.1. The summed E-state index contributed by atoms with van der Waals surface area (Å²) in [5, 5.41) is 0. The number of hydrogen-bond donors (Lipinski definition) is 0. The Morgan fingerprint density at radius 1 is 1.33 bits per heavy atom. The Morgan fingerprint density at radius 2 is 2.11 bits per heavy atom. The maximum absolute atomic E-state index is 12.1. The Bertz CT molecular complexity index is 475. The van der Waals surface area contributed by atoms with Crippen LogP contribution in [0.15, 0.2) is 18.2 Å². The van der Waals surface area contributed by atoms with Crippen molar-refractivity contribution in [3.8, 4) is 0 Å². The summed E-state index contributed by atoms with van der Waals surface area (Å²) in [6.07, 6.45) is 3.52. The average molecular weight is 246 g/mol. The lowest BCUT2D eigenvalue weighted by molar-refractivity contribution is -0.169. The number of esters is 1. The highest BCUT2D eigenvalue weighted by Crippen LogP contribution is 2.36. The number of carbonyl (C=O) groups is 1. The topological polar surface area (TPSA) is 35.5 Å². The average Bonchev–Trinajstić information content (AvgIpc) is 2.75. The molecule has 0 bridgehead atoms. The summed E-state index contributed by atoms with van der Waals surface area (Å²) in [5.41, 5.74) is 3.34. The molecule has 1 aromatic rings. The summed E-state index contributed by atoms with van der Waals surface area (Å²) < 4.78 is 10.5. The van der Waals surface area contributed by atoms with Gasteiger partial charge in [-0.25, -0.2) is 0 Å². The molecule has 1 aliphatic carbocycles. The Labute approximate surface area is 107 Å². The van der Waals surface area contributed by atoms with Crippen LogP contribution in [-0.2, 0) is 32.5 Å². The molecule has 1 aromatic carbocycles. The van der Waals surface area contributed by atoms with E-state index < -0.39 is 5.41 Å². The van der Waals surface area contributed by atoms with Crippen molar-refractivity contribution in [3.63, 3.8) is 0 Å². The second-order valence-corrected chi connectivity index (χ2v) is 5.13. The first-order chi connectivity index (χ1) is 8.76. The van der Waals surface area contributed by atoms with Gasteiger partial charge in [-0.1, -0.05) is 18.2 Å². The van der Waals surface area contributed by atoms with Gasteiger partial charge >= 0.3 is 5.97 Å². The summed E-state index contributed by atoms with van der Waals surface area (Å²) >= 11 is 0. The van der Waals surface area contributed by atoms with Crippen LogP contribution in [0, 0.1) is 0 Å². The van der Waals surface area contributed by atoms with Crippen molar-refractivity contribution in [1.82, 2.24) is 0 Å². The highest BCUT2D eigenvalue weighted by molar-refractivity contribution is 5.84. The first kappa shape index (κ1) is 11.7. The van der Waals surface area contributed by atoms with Crippen LogP contribution in [0.1, 0.15) is 30.0 Å². The van der Waals surface area contributed by atoms with E-state index in [-0.39, 0.29) is 5.97 Å². The Balaban J connectivity index is 1.94. The molecule has 3 nitrogen and oxygen atoms in total. The predicted molar refractivity (Wildman–Crippen MR) is 67.6 cm³/mol. The van der Waals surface area contributed by atoms with E-state index in [0.717, 1.165) is 12.0 Å². The summed E-state index contributed by atoms with van der Waals surface area (Å²) in [7, 11) is 0. The number of carbonyl (C=O) groups excluding carboxylic acids is 1. The minimum atomic E-state index is -0.548. The third kappa shape index (κ3) is 1.65. The van der Waals surface area contributed by atoms with Gasteiger partial charge in [-0.15, -0.1) is 0 Å². The molecule has 0 saturated carbocycles. The SMILES string of the molecule is CCOC(=O)C1(c2ccc3c(c2)CCC3)COC1. The number of rotatable bonds is 3. The summed E-state index contributed by atoms with van der Waals surface area (Å²) in [5.74, 6) is -0.144. The zero-order chi connectivity index (χ0) is 12.6. The molecule has 0 atom stereocenters. The van der Waals surface area contributed by atoms with Crippen molar-refractivity contribution in [3.05, 3.63) is 34.9 Å². The van der Waals surface area contributed by atoms with Crippen LogP contribution in [0.4, 0.5) is 0 Å². The van der Waals surface area contributed by atoms with Crippen LogP contribution in [-0.4, -0.2) is 25.8 Å². The number of ether oxygens (including phenoxy) is 2. The molecule has 96 valence electrons. The van der Waals surface area contributed by atoms with Gasteiger partial charge in [0.15, 0.2) is 0 Å². The van der Waals surface area contributed by atoms with Crippen molar-refractivity contribution in [2.24, 2.45) is 0 Å². The fourth-order valence-corrected chi connectivity index (χ4v) is 2.85. The molecule has 1 saturated heterocycles. The molecular formula is C15H18O3. The van der Waals surface area contributed by atoms with E-state index in [9.17, 15) is 4.79 Å². The van der Waals surface area contributed by atoms with Crippen LogP contribution >= 0.6 is 0 Å². The quantitative estimate of drug-likeness (QED) is 0.765. The van der Waals surface area contributed by atoms with Crippen molar-refractivity contribution >= 4 is 5.97 Å². The molecule has 1 heterocycles. The molecule has 0 amide bonds. The number of benzene rings is 1. The van der Waals surface area contributed by atoms with E-state index in [1.165, 1.54) is 24.0 Å². The van der Waals surface area contributed by atoms with E-state index in [1.54, 1.807) is 0 Å². The van der Waals surface area contributed by atoms with Gasteiger partial charge in [0.1, 0.15) is 5.41 Å². The van der Waals surface area contributed by atoms with Gasteiger partial charge in [-0.05, 0) is 42.9 Å². The van der Waals surface area contributed by atoms with Gasteiger partial charge in [0.2, 0.25) is 0 Å². The molecule has 1 fully saturated rings. The van der Waals surface area contributed by atoms with Crippen LogP contribution in [0.5, 0.6) is 0 Å². The molecule has 1 aliphatic heterocycles. The first-order valence-electron chi connectivity index (χ1n) is 6.63. The number of fused-ring (bicyclic) bond motifs is 1. The van der Waals surface area contributed by atoms with Crippen molar-refractivity contribution < 1.29 is 14.3 Å². The Kier molecular flexibility index (Phi) is 2.86. The lowest BCUT2D eigenvalue weighted by atomic mass is 9.78. The Morgan fingerprint density at radius 3 is 2.78 bits per heavy atom. The molecule has 0 spiro atoms. The van der Waals surface area contributed by atoms with Crippen molar-refractivity contribution in [2.45, 2.75) is 31.6 Å². The third-order valence-corrected chi connectivity index (χ3v) is 4.01. The minimum absolute atomic E-state index is 0.144. The van der Waals surface area contributed by atoms with E-state index in [4.69, 9.17) is 9.47 Å². The fourth-order valence-electron chi connectivity index (χ4n) is 2.85. The molecule has 3 rings (SSSR count). The molecule has 2 aliphatic rings. The minimum Gasteiger partial charge on any atom is -0.465 e. The second kappa shape index (κ2) is 4.39. The van der Waals surface area contributed by atoms with Crippen molar-refractivity contribution in [2.75, 3.05) is 19.8 Å². The Hall–Kier alpha value is -1.35. The standard InChI is InChI=1S/C15H18O3/c1-2-18-14(16)15(9-17-10-15)13-7-6-11-4-3-5-12(11)8-13/h6-8H,2-5,9-10H2,1H3. The molecule has 3 heteroatoms. The van der Waals surface area contributed by atoms with Gasteiger partial charge in [-0.3, -0.25) is 4.79 Å². The van der Waals surface area contributed by atoms with Crippen molar-refractivity contribution in [1.29, 1.82) is 0 Å².